The van der Waals surface area contributed by atoms with E-state index in [2.05, 4.69) is 5.32 Å². The fraction of sp³-hybridized carbons (Fsp3) is 0.211. The molecule has 2 rings (SSSR count). The molecule has 0 spiro atoms. The molecule has 1 atom stereocenters. The molecule has 1 amide bonds. The second-order valence-electron chi connectivity index (χ2n) is 5.27. The molecule has 6 heteroatoms. The highest BCUT2D eigenvalue weighted by atomic mass is 16.5. The molecule has 0 fully saturated rings. The lowest BCUT2D eigenvalue weighted by Crippen LogP contribution is -2.30. The van der Waals surface area contributed by atoms with Crippen LogP contribution in [0.4, 0.5) is 5.69 Å². The van der Waals surface area contributed by atoms with Gasteiger partial charge in [0.25, 0.3) is 5.91 Å². The number of para-hydroxylation sites is 2. The van der Waals surface area contributed by atoms with Crippen molar-refractivity contribution in [1.29, 1.82) is 5.26 Å². The van der Waals surface area contributed by atoms with E-state index in [4.69, 9.17) is 14.7 Å². The van der Waals surface area contributed by atoms with Gasteiger partial charge in [-0.25, -0.2) is 0 Å². The van der Waals surface area contributed by atoms with Crippen LogP contribution in [0.5, 0.6) is 5.75 Å². The molecule has 0 saturated heterocycles. The van der Waals surface area contributed by atoms with E-state index in [0.717, 1.165) is 0 Å². The Morgan fingerprint density at radius 3 is 2.56 bits per heavy atom. The number of amides is 1. The molecule has 25 heavy (non-hydrogen) atoms. The topological polar surface area (TPSA) is 88.4 Å². The summed E-state index contributed by atoms with van der Waals surface area (Å²) in [6, 6.07) is 15.7. The summed E-state index contributed by atoms with van der Waals surface area (Å²) >= 11 is 0. The minimum atomic E-state index is -0.992. The standard InChI is InChI=1S/C19H18N2O4/c1-13(19(23)21-16-9-5-3-8-15(16)12-20)25-18(22)11-14-7-4-6-10-17(14)24-2/h3-10,13H,11H2,1-2H3,(H,21,23). The van der Waals surface area contributed by atoms with Crippen LogP contribution in [0, 0.1) is 11.3 Å². The highest BCUT2D eigenvalue weighted by molar-refractivity contribution is 5.96. The third kappa shape index (κ3) is 4.82. The van der Waals surface area contributed by atoms with Crippen molar-refractivity contribution >= 4 is 17.6 Å². The molecule has 0 radical (unpaired) electrons. The summed E-state index contributed by atoms with van der Waals surface area (Å²) < 4.78 is 10.4. The molecule has 1 unspecified atom stereocenters. The Bertz CT molecular complexity index is 811. The molecule has 0 aliphatic carbocycles. The summed E-state index contributed by atoms with van der Waals surface area (Å²) in [6.07, 6.45) is -0.995. The smallest absolute Gasteiger partial charge is 0.311 e. The Kier molecular flexibility index (Phi) is 6.13. The van der Waals surface area contributed by atoms with E-state index < -0.39 is 18.0 Å². The van der Waals surface area contributed by atoms with Crippen LogP contribution in [0.2, 0.25) is 0 Å². The minimum Gasteiger partial charge on any atom is -0.496 e. The van der Waals surface area contributed by atoms with E-state index in [9.17, 15) is 9.59 Å². The first-order valence-electron chi connectivity index (χ1n) is 7.66. The second kappa shape index (κ2) is 8.50. The van der Waals surface area contributed by atoms with Crippen LogP contribution in [0.15, 0.2) is 48.5 Å². The van der Waals surface area contributed by atoms with Crippen molar-refractivity contribution in [2.24, 2.45) is 0 Å². The van der Waals surface area contributed by atoms with E-state index in [0.29, 0.717) is 22.6 Å². The lowest BCUT2D eigenvalue weighted by Gasteiger charge is -2.15. The molecule has 128 valence electrons. The van der Waals surface area contributed by atoms with Gasteiger partial charge in [0.2, 0.25) is 0 Å². The Morgan fingerprint density at radius 1 is 1.16 bits per heavy atom. The Balaban J connectivity index is 1.96. The quantitative estimate of drug-likeness (QED) is 0.818. The van der Waals surface area contributed by atoms with Gasteiger partial charge in [-0.1, -0.05) is 30.3 Å². The van der Waals surface area contributed by atoms with Gasteiger partial charge in [0, 0.05) is 5.56 Å². The first-order valence-corrected chi connectivity index (χ1v) is 7.66. The average Bonchev–Trinajstić information content (AvgIpc) is 2.62. The number of esters is 1. The number of carbonyl (C=O) groups excluding carboxylic acids is 2. The number of carbonyl (C=O) groups is 2. The number of ether oxygens (including phenoxy) is 2. The van der Waals surface area contributed by atoms with Crippen molar-refractivity contribution in [2.45, 2.75) is 19.4 Å². The number of rotatable bonds is 6. The molecule has 0 aromatic heterocycles. The number of nitriles is 1. The highest BCUT2D eigenvalue weighted by Gasteiger charge is 2.19. The lowest BCUT2D eigenvalue weighted by atomic mass is 10.1. The largest absolute Gasteiger partial charge is 0.496 e. The molecule has 2 aromatic carbocycles. The van der Waals surface area contributed by atoms with Gasteiger partial charge in [0.15, 0.2) is 6.10 Å². The normalized spacial score (nSPS) is 11.1. The van der Waals surface area contributed by atoms with Crippen molar-refractivity contribution in [3.8, 4) is 11.8 Å². The lowest BCUT2D eigenvalue weighted by molar-refractivity contribution is -0.152. The number of anilines is 1. The number of benzene rings is 2. The number of nitrogens with zero attached hydrogens (tertiary/aromatic N) is 1. The number of hydrogen-bond acceptors (Lipinski definition) is 5. The molecule has 0 aliphatic rings. The fourth-order valence-corrected chi connectivity index (χ4v) is 2.22. The van der Waals surface area contributed by atoms with Crippen LogP contribution in [-0.4, -0.2) is 25.1 Å². The van der Waals surface area contributed by atoms with Crippen molar-refractivity contribution in [3.05, 3.63) is 59.7 Å². The summed E-state index contributed by atoms with van der Waals surface area (Å²) in [5.74, 6) is -0.462. The van der Waals surface area contributed by atoms with Gasteiger partial charge in [0.05, 0.1) is 24.8 Å². The molecular formula is C19H18N2O4. The van der Waals surface area contributed by atoms with Gasteiger partial charge >= 0.3 is 5.97 Å². The molecule has 0 heterocycles. The van der Waals surface area contributed by atoms with Gasteiger partial charge < -0.3 is 14.8 Å². The molecule has 1 N–H and O–H groups in total. The van der Waals surface area contributed by atoms with Crippen molar-refractivity contribution in [3.63, 3.8) is 0 Å². The maximum absolute atomic E-state index is 12.2. The van der Waals surface area contributed by atoms with Gasteiger partial charge in [-0.05, 0) is 25.1 Å². The predicted molar refractivity (Wildman–Crippen MR) is 92.0 cm³/mol. The zero-order chi connectivity index (χ0) is 18.2. The summed E-state index contributed by atoms with van der Waals surface area (Å²) in [6.45, 7) is 1.48. The Hall–Kier alpha value is -3.33. The zero-order valence-corrected chi connectivity index (χ0v) is 14.0. The number of methoxy groups -OCH3 is 1. The van der Waals surface area contributed by atoms with Crippen LogP contribution < -0.4 is 10.1 Å². The van der Waals surface area contributed by atoms with Gasteiger partial charge in [-0.2, -0.15) is 5.26 Å². The van der Waals surface area contributed by atoms with Crippen LogP contribution >= 0.6 is 0 Å². The highest BCUT2D eigenvalue weighted by Crippen LogP contribution is 2.19. The molecule has 2 aromatic rings. The average molecular weight is 338 g/mol. The van der Waals surface area contributed by atoms with Crippen molar-refractivity contribution in [2.75, 3.05) is 12.4 Å². The first kappa shape index (κ1) is 18.0. The summed E-state index contributed by atoms with van der Waals surface area (Å²) in [5, 5.41) is 11.6. The minimum absolute atomic E-state index is 0.00356. The van der Waals surface area contributed by atoms with Gasteiger partial charge in [0.1, 0.15) is 11.8 Å². The Morgan fingerprint density at radius 2 is 1.84 bits per heavy atom. The summed E-state index contributed by atoms with van der Waals surface area (Å²) in [7, 11) is 1.52. The fourth-order valence-electron chi connectivity index (χ4n) is 2.22. The van der Waals surface area contributed by atoms with E-state index in [1.165, 1.54) is 14.0 Å². The predicted octanol–water partition coefficient (Wildman–Crippen LogP) is 2.68. The zero-order valence-electron chi connectivity index (χ0n) is 14.0. The molecule has 6 nitrogen and oxygen atoms in total. The van der Waals surface area contributed by atoms with E-state index in [1.807, 2.05) is 6.07 Å². The van der Waals surface area contributed by atoms with Crippen LogP contribution in [0.1, 0.15) is 18.1 Å². The summed E-state index contributed by atoms with van der Waals surface area (Å²) in [4.78, 5) is 24.2. The number of nitrogens with one attached hydrogen (secondary N) is 1. The van der Waals surface area contributed by atoms with E-state index >= 15 is 0 Å². The van der Waals surface area contributed by atoms with Gasteiger partial charge in [-0.3, -0.25) is 9.59 Å². The SMILES string of the molecule is COc1ccccc1CC(=O)OC(C)C(=O)Nc1ccccc1C#N. The van der Waals surface area contributed by atoms with E-state index in [-0.39, 0.29) is 6.42 Å². The third-order valence-corrected chi connectivity index (χ3v) is 3.51. The number of hydrogen-bond donors (Lipinski definition) is 1. The maximum atomic E-state index is 12.2. The van der Waals surface area contributed by atoms with Crippen molar-refractivity contribution in [1.82, 2.24) is 0 Å². The first-order chi connectivity index (χ1) is 12.0. The second-order valence-corrected chi connectivity index (χ2v) is 5.27. The molecule has 0 aliphatic heterocycles. The van der Waals surface area contributed by atoms with Crippen LogP contribution in [0.3, 0.4) is 0 Å². The van der Waals surface area contributed by atoms with Crippen molar-refractivity contribution < 1.29 is 19.1 Å². The van der Waals surface area contributed by atoms with Gasteiger partial charge in [-0.15, -0.1) is 0 Å². The Labute approximate surface area is 146 Å². The molecule has 0 bridgehead atoms. The van der Waals surface area contributed by atoms with Crippen LogP contribution in [-0.2, 0) is 20.7 Å². The third-order valence-electron chi connectivity index (χ3n) is 3.51. The van der Waals surface area contributed by atoms with E-state index in [1.54, 1.807) is 48.5 Å². The summed E-state index contributed by atoms with van der Waals surface area (Å²) in [5.41, 5.74) is 1.39. The molecular weight excluding hydrogens is 320 g/mol. The van der Waals surface area contributed by atoms with Crippen LogP contribution in [0.25, 0.3) is 0 Å². The maximum Gasteiger partial charge on any atom is 0.311 e. The monoisotopic (exact) mass is 338 g/mol. The molecule has 0 saturated carbocycles.